The van der Waals surface area contributed by atoms with Crippen LogP contribution in [0.1, 0.15) is 75.2 Å². The predicted molar refractivity (Wildman–Crippen MR) is 135 cm³/mol. The van der Waals surface area contributed by atoms with Crippen LogP contribution >= 0.6 is 0 Å². The molecule has 2 rings (SSSR count). The smallest absolute Gasteiger partial charge is 0.0972 e. The summed E-state index contributed by atoms with van der Waals surface area (Å²) in [6.45, 7) is 6.41. The van der Waals surface area contributed by atoms with E-state index in [0.717, 1.165) is 36.0 Å². The third kappa shape index (κ3) is 9.41. The van der Waals surface area contributed by atoms with E-state index in [9.17, 15) is 5.11 Å². The molecule has 0 amide bonds. The van der Waals surface area contributed by atoms with Gasteiger partial charge in [0.05, 0.1) is 33.3 Å². The van der Waals surface area contributed by atoms with Gasteiger partial charge in [0.15, 0.2) is 0 Å². The number of nitrogens with zero attached hydrogens (tertiary/aromatic N) is 1. The third-order valence-electron chi connectivity index (χ3n) is 6.20. The molecule has 0 saturated carbocycles. The number of hydrogen-bond acceptors (Lipinski definition) is 1. The Morgan fingerprint density at radius 1 is 0.871 bits per heavy atom. The molecule has 2 atom stereocenters. The molecule has 2 nitrogen and oxygen atoms in total. The van der Waals surface area contributed by atoms with E-state index in [4.69, 9.17) is 0 Å². The van der Waals surface area contributed by atoms with Crippen molar-refractivity contribution in [3.05, 3.63) is 77.4 Å². The number of rotatable bonds is 14. The Morgan fingerprint density at radius 3 is 2.19 bits per heavy atom. The van der Waals surface area contributed by atoms with Crippen LogP contribution < -0.4 is 0 Å². The maximum atomic E-state index is 11.3. The van der Waals surface area contributed by atoms with Crippen molar-refractivity contribution >= 4 is 6.08 Å². The third-order valence-corrected chi connectivity index (χ3v) is 6.20. The summed E-state index contributed by atoms with van der Waals surface area (Å²) in [5.74, 6) is 0.271. The molecule has 2 aromatic carbocycles. The molecule has 1 N–H and O–H groups in total. The normalized spacial score (nSPS) is 14.1. The lowest BCUT2D eigenvalue weighted by molar-refractivity contribution is -0.888. The SMILES string of the molecule is CCCCCC(C[N+](C)(C)C/C=C/c1ccccc1)C(O)c1ccc(CCCC)cc1. The van der Waals surface area contributed by atoms with Gasteiger partial charge in [-0.3, -0.25) is 0 Å². The van der Waals surface area contributed by atoms with Gasteiger partial charge in [-0.2, -0.15) is 0 Å². The number of aliphatic hydroxyl groups excluding tert-OH is 1. The predicted octanol–water partition coefficient (Wildman–Crippen LogP) is 7.05. The van der Waals surface area contributed by atoms with Gasteiger partial charge >= 0.3 is 0 Å². The van der Waals surface area contributed by atoms with Gasteiger partial charge in [0.25, 0.3) is 0 Å². The van der Waals surface area contributed by atoms with Crippen molar-refractivity contribution in [2.24, 2.45) is 5.92 Å². The molecule has 0 spiro atoms. The molecule has 0 saturated heterocycles. The molecule has 31 heavy (non-hydrogen) atoms. The van der Waals surface area contributed by atoms with Crippen LogP contribution in [-0.4, -0.2) is 36.8 Å². The van der Waals surface area contributed by atoms with Crippen molar-refractivity contribution < 1.29 is 9.59 Å². The van der Waals surface area contributed by atoms with Gasteiger partial charge in [-0.1, -0.05) is 100 Å². The molecule has 0 fully saturated rings. The zero-order valence-corrected chi connectivity index (χ0v) is 20.3. The number of aliphatic hydroxyl groups is 1. The molecule has 2 unspecified atom stereocenters. The van der Waals surface area contributed by atoms with Gasteiger partial charge in [0.2, 0.25) is 0 Å². The van der Waals surface area contributed by atoms with Crippen LogP contribution in [0.15, 0.2) is 60.7 Å². The van der Waals surface area contributed by atoms with Crippen molar-refractivity contribution in [3.8, 4) is 0 Å². The summed E-state index contributed by atoms with van der Waals surface area (Å²) in [6, 6.07) is 19.2. The zero-order valence-electron chi connectivity index (χ0n) is 20.3. The van der Waals surface area contributed by atoms with E-state index < -0.39 is 6.10 Å². The van der Waals surface area contributed by atoms with Crippen molar-refractivity contribution in [1.82, 2.24) is 0 Å². The lowest BCUT2D eigenvalue weighted by Crippen LogP contribution is -2.44. The summed E-state index contributed by atoms with van der Waals surface area (Å²) in [5.41, 5.74) is 3.69. The summed E-state index contributed by atoms with van der Waals surface area (Å²) < 4.78 is 0.881. The maximum absolute atomic E-state index is 11.3. The van der Waals surface area contributed by atoms with Gasteiger partial charge < -0.3 is 9.59 Å². The largest absolute Gasteiger partial charge is 0.388 e. The van der Waals surface area contributed by atoms with Crippen LogP contribution in [0.25, 0.3) is 6.08 Å². The highest BCUT2D eigenvalue weighted by Gasteiger charge is 2.28. The number of likely N-dealkylation sites (N-methyl/N-ethyl adjacent to an activating group) is 1. The summed E-state index contributed by atoms with van der Waals surface area (Å²) >= 11 is 0. The molecule has 0 aromatic heterocycles. The fourth-order valence-electron chi connectivity index (χ4n) is 4.29. The van der Waals surface area contributed by atoms with Gasteiger partial charge in [-0.25, -0.2) is 0 Å². The first-order valence-electron chi connectivity index (χ1n) is 12.3. The van der Waals surface area contributed by atoms with E-state index in [-0.39, 0.29) is 5.92 Å². The van der Waals surface area contributed by atoms with Crippen molar-refractivity contribution in [2.75, 3.05) is 27.2 Å². The van der Waals surface area contributed by atoms with Crippen molar-refractivity contribution in [1.29, 1.82) is 0 Å². The quantitative estimate of drug-likeness (QED) is 0.255. The van der Waals surface area contributed by atoms with E-state index in [1.807, 2.05) is 0 Å². The van der Waals surface area contributed by atoms with Gasteiger partial charge in [0, 0.05) is 5.92 Å². The molecule has 2 aromatic rings. The van der Waals surface area contributed by atoms with Crippen LogP contribution in [0.3, 0.4) is 0 Å². The van der Waals surface area contributed by atoms with Gasteiger partial charge in [-0.05, 0) is 42.0 Å². The minimum Gasteiger partial charge on any atom is -0.388 e. The van der Waals surface area contributed by atoms with Gasteiger partial charge in [-0.15, -0.1) is 0 Å². The molecular formula is C29H44NO+. The average molecular weight is 423 g/mol. The molecule has 170 valence electrons. The van der Waals surface area contributed by atoms with Crippen LogP contribution in [0.5, 0.6) is 0 Å². The highest BCUT2D eigenvalue weighted by Crippen LogP contribution is 2.29. The van der Waals surface area contributed by atoms with Crippen LogP contribution in [0, 0.1) is 5.92 Å². The molecule has 0 aliphatic heterocycles. The second-order valence-electron chi connectivity index (χ2n) is 9.66. The molecule has 0 heterocycles. The Labute approximate surface area is 191 Å². The van der Waals surface area contributed by atoms with Gasteiger partial charge in [0.1, 0.15) is 0 Å². The molecular weight excluding hydrogens is 378 g/mol. The van der Waals surface area contributed by atoms with E-state index in [2.05, 4.69) is 94.7 Å². The van der Waals surface area contributed by atoms with E-state index in [1.165, 1.54) is 43.2 Å². The lowest BCUT2D eigenvalue weighted by atomic mass is 9.89. The summed E-state index contributed by atoms with van der Waals surface area (Å²) in [7, 11) is 4.56. The minimum absolute atomic E-state index is 0.271. The minimum atomic E-state index is -0.396. The Hall–Kier alpha value is -1.90. The van der Waals surface area contributed by atoms with Crippen LogP contribution in [-0.2, 0) is 6.42 Å². The summed E-state index contributed by atoms with van der Waals surface area (Å²) in [5, 5.41) is 11.3. The number of unbranched alkanes of at least 4 members (excludes halogenated alkanes) is 3. The number of hydrogen-bond donors (Lipinski definition) is 1. The molecule has 2 heteroatoms. The van der Waals surface area contributed by atoms with E-state index >= 15 is 0 Å². The molecule has 0 bridgehead atoms. The zero-order chi connectivity index (χ0) is 22.5. The fourth-order valence-corrected chi connectivity index (χ4v) is 4.29. The Bertz CT molecular complexity index is 748. The van der Waals surface area contributed by atoms with Crippen molar-refractivity contribution in [3.63, 3.8) is 0 Å². The second kappa shape index (κ2) is 13.5. The topological polar surface area (TPSA) is 20.2 Å². The average Bonchev–Trinajstić information content (AvgIpc) is 2.77. The first kappa shape index (κ1) is 25.4. The number of aryl methyl sites for hydroxylation is 1. The highest BCUT2D eigenvalue weighted by molar-refractivity contribution is 5.48. The number of benzene rings is 2. The molecule has 0 aliphatic rings. The number of quaternary nitrogens is 1. The second-order valence-corrected chi connectivity index (χ2v) is 9.66. The summed E-state index contributed by atoms with van der Waals surface area (Å²) in [6.07, 6.45) is 12.4. The Morgan fingerprint density at radius 2 is 1.55 bits per heavy atom. The molecule has 0 aliphatic carbocycles. The van der Waals surface area contributed by atoms with E-state index in [0.29, 0.717) is 0 Å². The maximum Gasteiger partial charge on any atom is 0.0972 e. The Balaban J connectivity index is 2.04. The standard InChI is InChI=1S/C29H44NO/c1-5-7-10-18-28(29(31)27-21-19-26(20-22-27)14-8-6-2)24-30(3,4)23-13-17-25-15-11-9-12-16-25/h9,11-13,15-17,19-22,28-29,31H,5-8,10,14,18,23-24H2,1-4H3/q+1/b17-13+. The first-order chi connectivity index (χ1) is 14.9. The van der Waals surface area contributed by atoms with E-state index in [1.54, 1.807) is 0 Å². The lowest BCUT2D eigenvalue weighted by Gasteiger charge is -2.35. The Kier molecular flexibility index (Phi) is 11.0. The van der Waals surface area contributed by atoms with Crippen molar-refractivity contribution in [2.45, 2.75) is 64.9 Å². The summed E-state index contributed by atoms with van der Waals surface area (Å²) in [4.78, 5) is 0. The monoisotopic (exact) mass is 422 g/mol. The highest BCUT2D eigenvalue weighted by atomic mass is 16.3. The fraction of sp³-hybridized carbons (Fsp3) is 0.517. The van der Waals surface area contributed by atoms with Crippen LogP contribution in [0.4, 0.5) is 0 Å². The molecule has 0 radical (unpaired) electrons. The first-order valence-corrected chi connectivity index (χ1v) is 12.3. The van der Waals surface area contributed by atoms with Crippen LogP contribution in [0.2, 0.25) is 0 Å².